The Morgan fingerprint density at radius 3 is 2.79 bits per heavy atom. The van der Waals surface area contributed by atoms with Crippen LogP contribution in [0.1, 0.15) is 22.6 Å². The Labute approximate surface area is 111 Å². The van der Waals surface area contributed by atoms with E-state index in [4.69, 9.17) is 5.73 Å². The van der Waals surface area contributed by atoms with E-state index in [1.165, 1.54) is 5.56 Å². The highest BCUT2D eigenvalue weighted by Gasteiger charge is 2.23. The topological polar surface area (TPSA) is 75.0 Å². The summed E-state index contributed by atoms with van der Waals surface area (Å²) < 4.78 is 0. The van der Waals surface area contributed by atoms with E-state index < -0.39 is 0 Å². The number of nitrogens with two attached hydrogens (primary N) is 1. The Morgan fingerprint density at radius 1 is 1.26 bits per heavy atom. The van der Waals surface area contributed by atoms with Gasteiger partial charge in [0.15, 0.2) is 0 Å². The van der Waals surface area contributed by atoms with Crippen LogP contribution in [0.5, 0.6) is 0 Å². The highest BCUT2D eigenvalue weighted by molar-refractivity contribution is 5.23. The third-order valence-corrected chi connectivity index (χ3v) is 3.35. The fraction of sp³-hybridized carbons (Fsp3) is 0.286. The van der Waals surface area contributed by atoms with Gasteiger partial charge in [-0.25, -0.2) is 4.98 Å². The van der Waals surface area contributed by atoms with Crippen LogP contribution in [0.4, 0.5) is 0 Å². The number of nitrogens with zero attached hydrogens (tertiary/aromatic N) is 2. The molecular formula is C14H16N4O. The summed E-state index contributed by atoms with van der Waals surface area (Å²) in [4.78, 5) is 21.2. The average Bonchev–Trinajstić information content (AvgIpc) is 2.83. The van der Waals surface area contributed by atoms with Gasteiger partial charge in [0.25, 0.3) is 5.56 Å². The van der Waals surface area contributed by atoms with Crippen LogP contribution in [0.25, 0.3) is 0 Å². The van der Waals surface area contributed by atoms with Crippen molar-refractivity contribution in [1.82, 2.24) is 14.9 Å². The summed E-state index contributed by atoms with van der Waals surface area (Å²) in [6.07, 6.45) is 0. The lowest BCUT2D eigenvalue weighted by Gasteiger charge is -2.13. The van der Waals surface area contributed by atoms with E-state index in [1.807, 2.05) is 18.2 Å². The first-order chi connectivity index (χ1) is 9.26. The molecular weight excluding hydrogens is 240 g/mol. The van der Waals surface area contributed by atoms with Crippen molar-refractivity contribution in [2.75, 3.05) is 0 Å². The van der Waals surface area contributed by atoms with Crippen molar-refractivity contribution in [3.8, 4) is 0 Å². The molecule has 0 atom stereocenters. The van der Waals surface area contributed by atoms with Gasteiger partial charge in [0.2, 0.25) is 0 Å². The van der Waals surface area contributed by atoms with E-state index in [2.05, 4.69) is 27.0 Å². The van der Waals surface area contributed by atoms with E-state index in [0.717, 1.165) is 17.8 Å². The molecule has 0 radical (unpaired) electrons. The first kappa shape index (κ1) is 12.1. The number of benzene rings is 1. The van der Waals surface area contributed by atoms with Gasteiger partial charge in [-0.05, 0) is 5.56 Å². The fourth-order valence-corrected chi connectivity index (χ4v) is 2.43. The van der Waals surface area contributed by atoms with E-state index in [0.29, 0.717) is 18.9 Å². The van der Waals surface area contributed by atoms with E-state index in [-0.39, 0.29) is 12.1 Å². The van der Waals surface area contributed by atoms with Crippen LogP contribution < -0.4 is 11.3 Å². The predicted molar refractivity (Wildman–Crippen MR) is 72.1 cm³/mol. The second-order valence-corrected chi connectivity index (χ2v) is 4.77. The molecule has 5 heteroatoms. The van der Waals surface area contributed by atoms with Gasteiger partial charge in [0.1, 0.15) is 5.82 Å². The molecule has 3 rings (SSSR count). The van der Waals surface area contributed by atoms with E-state index in [9.17, 15) is 4.79 Å². The molecule has 19 heavy (non-hydrogen) atoms. The van der Waals surface area contributed by atoms with Gasteiger partial charge in [-0.2, -0.15) is 0 Å². The number of hydrogen-bond donors (Lipinski definition) is 2. The minimum atomic E-state index is -0.0546. The summed E-state index contributed by atoms with van der Waals surface area (Å²) in [5.41, 5.74) is 8.34. The second-order valence-electron chi connectivity index (χ2n) is 4.77. The van der Waals surface area contributed by atoms with Crippen molar-refractivity contribution >= 4 is 0 Å². The molecule has 0 saturated carbocycles. The summed E-state index contributed by atoms with van der Waals surface area (Å²) in [6, 6.07) is 10.2. The van der Waals surface area contributed by atoms with Gasteiger partial charge in [-0.15, -0.1) is 0 Å². The summed E-state index contributed by atoms with van der Waals surface area (Å²) in [5, 5.41) is 0. The predicted octanol–water partition coefficient (Wildman–Crippen LogP) is 0.744. The molecule has 1 aromatic carbocycles. The number of fused-ring (bicyclic) bond motifs is 1. The van der Waals surface area contributed by atoms with E-state index >= 15 is 0 Å². The highest BCUT2D eigenvalue weighted by Crippen LogP contribution is 2.19. The maximum Gasteiger partial charge on any atom is 0.255 e. The zero-order chi connectivity index (χ0) is 13.2. The molecule has 0 spiro atoms. The second kappa shape index (κ2) is 4.95. The molecule has 1 aliphatic rings. The van der Waals surface area contributed by atoms with Crippen molar-refractivity contribution in [2.24, 2.45) is 5.73 Å². The number of nitrogens with one attached hydrogen (secondary N) is 1. The summed E-state index contributed by atoms with van der Waals surface area (Å²) in [6.45, 7) is 2.45. The zero-order valence-corrected chi connectivity index (χ0v) is 10.6. The molecule has 0 aliphatic carbocycles. The Balaban J connectivity index is 1.81. The first-order valence-corrected chi connectivity index (χ1v) is 6.33. The van der Waals surface area contributed by atoms with Crippen LogP contribution >= 0.6 is 0 Å². The quantitative estimate of drug-likeness (QED) is 0.849. The molecule has 2 heterocycles. The SMILES string of the molecule is NCc1nc2c(c(=O)[nH]1)CN(Cc1ccccc1)C2. The smallest absolute Gasteiger partial charge is 0.255 e. The molecule has 0 amide bonds. The van der Waals surface area contributed by atoms with Crippen LogP contribution in [0, 0.1) is 0 Å². The van der Waals surface area contributed by atoms with Gasteiger partial charge in [-0.1, -0.05) is 30.3 Å². The maximum absolute atomic E-state index is 11.9. The number of hydrogen-bond acceptors (Lipinski definition) is 4. The van der Waals surface area contributed by atoms with Crippen molar-refractivity contribution in [3.05, 3.63) is 63.3 Å². The molecule has 1 aromatic heterocycles. The average molecular weight is 256 g/mol. The third kappa shape index (κ3) is 2.43. The number of aromatic nitrogens is 2. The Kier molecular flexibility index (Phi) is 3.15. The standard InChI is InChI=1S/C14H16N4O/c15-6-13-16-12-9-18(8-11(12)14(19)17-13)7-10-4-2-1-3-5-10/h1-5H,6-9,15H2,(H,16,17,19). The molecule has 98 valence electrons. The van der Waals surface area contributed by atoms with Gasteiger partial charge in [-0.3, -0.25) is 9.69 Å². The lowest BCUT2D eigenvalue weighted by Crippen LogP contribution is -2.19. The number of rotatable bonds is 3. The molecule has 5 nitrogen and oxygen atoms in total. The van der Waals surface area contributed by atoms with Gasteiger partial charge in [0.05, 0.1) is 17.8 Å². The highest BCUT2D eigenvalue weighted by atomic mass is 16.1. The van der Waals surface area contributed by atoms with Crippen LogP contribution in [0.15, 0.2) is 35.1 Å². The van der Waals surface area contributed by atoms with Crippen molar-refractivity contribution in [2.45, 2.75) is 26.2 Å². The third-order valence-electron chi connectivity index (χ3n) is 3.35. The monoisotopic (exact) mass is 256 g/mol. The summed E-state index contributed by atoms with van der Waals surface area (Å²) in [7, 11) is 0. The van der Waals surface area contributed by atoms with Crippen molar-refractivity contribution in [1.29, 1.82) is 0 Å². The molecule has 2 aromatic rings. The van der Waals surface area contributed by atoms with Crippen molar-refractivity contribution < 1.29 is 0 Å². The zero-order valence-electron chi connectivity index (χ0n) is 10.6. The maximum atomic E-state index is 11.9. The Hall–Kier alpha value is -1.98. The lowest BCUT2D eigenvalue weighted by molar-refractivity contribution is 0.273. The largest absolute Gasteiger partial charge is 0.324 e. The van der Waals surface area contributed by atoms with Crippen LogP contribution in [-0.2, 0) is 26.2 Å². The molecule has 3 N–H and O–H groups in total. The van der Waals surface area contributed by atoms with E-state index in [1.54, 1.807) is 0 Å². The Morgan fingerprint density at radius 2 is 2.05 bits per heavy atom. The summed E-state index contributed by atoms with van der Waals surface area (Å²) in [5.74, 6) is 0.560. The molecule has 0 bridgehead atoms. The van der Waals surface area contributed by atoms with Gasteiger partial charge < -0.3 is 10.7 Å². The van der Waals surface area contributed by atoms with Crippen LogP contribution in [0.2, 0.25) is 0 Å². The Bertz CT molecular complexity index is 636. The van der Waals surface area contributed by atoms with Crippen LogP contribution in [-0.4, -0.2) is 14.9 Å². The first-order valence-electron chi connectivity index (χ1n) is 6.33. The van der Waals surface area contributed by atoms with Crippen LogP contribution in [0.3, 0.4) is 0 Å². The number of aromatic amines is 1. The van der Waals surface area contributed by atoms with Gasteiger partial charge >= 0.3 is 0 Å². The molecule has 0 saturated heterocycles. The fourth-order valence-electron chi connectivity index (χ4n) is 2.43. The summed E-state index contributed by atoms with van der Waals surface area (Å²) >= 11 is 0. The molecule has 0 fully saturated rings. The minimum absolute atomic E-state index is 0.0546. The molecule has 1 aliphatic heterocycles. The molecule has 0 unspecified atom stereocenters. The number of H-pyrrole nitrogens is 1. The van der Waals surface area contributed by atoms with Crippen molar-refractivity contribution in [3.63, 3.8) is 0 Å². The lowest BCUT2D eigenvalue weighted by atomic mass is 10.2. The normalized spacial score (nSPS) is 14.6. The van der Waals surface area contributed by atoms with Gasteiger partial charge in [0, 0.05) is 19.6 Å². The minimum Gasteiger partial charge on any atom is -0.324 e.